The Morgan fingerprint density at radius 1 is 1.50 bits per heavy atom. The van der Waals surface area contributed by atoms with E-state index in [0.29, 0.717) is 0 Å². The second-order valence-corrected chi connectivity index (χ2v) is 4.31. The Labute approximate surface area is 74.1 Å². The molecule has 1 aliphatic heterocycles. The van der Waals surface area contributed by atoms with Crippen molar-refractivity contribution < 1.29 is 4.79 Å². The molecule has 1 rings (SSSR count). The minimum Gasteiger partial charge on any atom is -0.343 e. The van der Waals surface area contributed by atoms with Crippen molar-refractivity contribution in [1.29, 1.82) is 0 Å². The zero-order chi connectivity index (χ0) is 9.19. The van der Waals surface area contributed by atoms with Gasteiger partial charge in [-0.15, -0.1) is 0 Å². The largest absolute Gasteiger partial charge is 0.343 e. The van der Waals surface area contributed by atoms with Gasteiger partial charge in [0, 0.05) is 12.1 Å². The standard InChI is InChI=1S/C9H18N2O/c1-9(2,3)11-6-4-5-8(11)10-7-12/h7-8H,4-6H2,1-3H3,(H,10,12). The molecule has 0 aromatic carbocycles. The molecule has 0 aromatic rings. The predicted molar refractivity (Wildman–Crippen MR) is 48.7 cm³/mol. The molecule has 0 bridgehead atoms. The van der Waals surface area contributed by atoms with Crippen LogP contribution in [0.5, 0.6) is 0 Å². The van der Waals surface area contributed by atoms with Crippen LogP contribution in [0.2, 0.25) is 0 Å². The van der Waals surface area contributed by atoms with Crippen molar-refractivity contribution in [3.8, 4) is 0 Å². The van der Waals surface area contributed by atoms with E-state index in [-0.39, 0.29) is 11.7 Å². The first kappa shape index (κ1) is 9.52. The average Bonchev–Trinajstić information content (AvgIpc) is 2.34. The summed E-state index contributed by atoms with van der Waals surface area (Å²) in [4.78, 5) is 12.6. The van der Waals surface area contributed by atoms with Crippen molar-refractivity contribution in [2.24, 2.45) is 0 Å². The van der Waals surface area contributed by atoms with Gasteiger partial charge in [-0.1, -0.05) is 0 Å². The van der Waals surface area contributed by atoms with E-state index in [0.717, 1.165) is 19.4 Å². The van der Waals surface area contributed by atoms with Gasteiger partial charge >= 0.3 is 0 Å². The van der Waals surface area contributed by atoms with Crippen molar-refractivity contribution in [3.63, 3.8) is 0 Å². The Balaban J connectivity index is 2.57. The highest BCUT2D eigenvalue weighted by Gasteiger charge is 2.32. The summed E-state index contributed by atoms with van der Waals surface area (Å²) in [5.74, 6) is 0. The fraction of sp³-hybridized carbons (Fsp3) is 0.889. The molecule has 1 amide bonds. The van der Waals surface area contributed by atoms with Gasteiger partial charge in [0.25, 0.3) is 0 Å². The van der Waals surface area contributed by atoms with E-state index < -0.39 is 0 Å². The minimum atomic E-state index is 0.164. The number of rotatable bonds is 2. The van der Waals surface area contributed by atoms with E-state index in [4.69, 9.17) is 0 Å². The maximum atomic E-state index is 10.3. The molecule has 1 heterocycles. The Bertz CT molecular complexity index is 162. The molecule has 70 valence electrons. The highest BCUT2D eigenvalue weighted by atomic mass is 16.1. The van der Waals surface area contributed by atoms with Gasteiger partial charge in [0.05, 0.1) is 6.17 Å². The number of amides is 1. The minimum absolute atomic E-state index is 0.164. The average molecular weight is 170 g/mol. The van der Waals surface area contributed by atoms with Gasteiger partial charge in [-0.05, 0) is 33.6 Å². The van der Waals surface area contributed by atoms with Gasteiger partial charge in [-0.25, -0.2) is 0 Å². The van der Waals surface area contributed by atoms with Crippen molar-refractivity contribution in [1.82, 2.24) is 10.2 Å². The van der Waals surface area contributed by atoms with E-state index in [9.17, 15) is 4.79 Å². The molecule has 0 aromatic heterocycles. The van der Waals surface area contributed by atoms with Crippen LogP contribution in [0, 0.1) is 0 Å². The first-order valence-corrected chi connectivity index (χ1v) is 4.52. The molecule has 0 spiro atoms. The van der Waals surface area contributed by atoms with E-state index in [1.807, 2.05) is 0 Å². The number of nitrogens with zero attached hydrogens (tertiary/aromatic N) is 1. The lowest BCUT2D eigenvalue weighted by atomic mass is 10.1. The lowest BCUT2D eigenvalue weighted by molar-refractivity contribution is -0.111. The van der Waals surface area contributed by atoms with Crippen LogP contribution < -0.4 is 5.32 Å². The summed E-state index contributed by atoms with van der Waals surface area (Å²) in [5, 5.41) is 2.85. The number of hydrogen-bond acceptors (Lipinski definition) is 2. The second-order valence-electron chi connectivity index (χ2n) is 4.31. The van der Waals surface area contributed by atoms with Gasteiger partial charge in [0.2, 0.25) is 6.41 Å². The third kappa shape index (κ3) is 1.97. The number of carbonyl (C=O) groups excluding carboxylic acids is 1. The molecular weight excluding hydrogens is 152 g/mol. The lowest BCUT2D eigenvalue weighted by Crippen LogP contribution is -2.50. The SMILES string of the molecule is CC(C)(C)N1CCCC1NC=O. The summed E-state index contributed by atoms with van der Waals surface area (Å²) in [5.41, 5.74) is 0.164. The Morgan fingerprint density at radius 2 is 2.17 bits per heavy atom. The van der Waals surface area contributed by atoms with E-state index >= 15 is 0 Å². The molecule has 3 heteroatoms. The van der Waals surface area contributed by atoms with E-state index in [2.05, 4.69) is 31.0 Å². The molecule has 12 heavy (non-hydrogen) atoms. The molecule has 1 N–H and O–H groups in total. The molecule has 1 aliphatic rings. The molecule has 1 unspecified atom stereocenters. The first-order valence-electron chi connectivity index (χ1n) is 4.52. The highest BCUT2D eigenvalue weighted by molar-refractivity contribution is 5.46. The summed E-state index contributed by atoms with van der Waals surface area (Å²) in [6.45, 7) is 7.63. The monoisotopic (exact) mass is 170 g/mol. The van der Waals surface area contributed by atoms with Crippen LogP contribution in [0.1, 0.15) is 33.6 Å². The zero-order valence-electron chi connectivity index (χ0n) is 8.13. The Kier molecular flexibility index (Phi) is 2.73. The summed E-state index contributed by atoms with van der Waals surface area (Å²) in [6.07, 6.45) is 3.32. The topological polar surface area (TPSA) is 32.3 Å². The van der Waals surface area contributed by atoms with E-state index in [1.165, 1.54) is 6.42 Å². The van der Waals surface area contributed by atoms with Crippen LogP contribution in [0.15, 0.2) is 0 Å². The lowest BCUT2D eigenvalue weighted by Gasteiger charge is -2.36. The van der Waals surface area contributed by atoms with Crippen LogP contribution in [-0.2, 0) is 4.79 Å². The quantitative estimate of drug-likeness (QED) is 0.626. The van der Waals surface area contributed by atoms with Crippen LogP contribution >= 0.6 is 0 Å². The third-order valence-corrected chi connectivity index (χ3v) is 2.37. The fourth-order valence-corrected chi connectivity index (χ4v) is 1.82. The molecular formula is C9H18N2O. The van der Waals surface area contributed by atoms with E-state index in [1.54, 1.807) is 0 Å². The fourth-order valence-electron chi connectivity index (χ4n) is 1.82. The maximum Gasteiger partial charge on any atom is 0.208 e. The number of hydrogen-bond donors (Lipinski definition) is 1. The molecule has 0 saturated carbocycles. The van der Waals surface area contributed by atoms with Crippen LogP contribution in [-0.4, -0.2) is 29.6 Å². The van der Waals surface area contributed by atoms with Crippen LogP contribution in [0.4, 0.5) is 0 Å². The van der Waals surface area contributed by atoms with Crippen LogP contribution in [0.3, 0.4) is 0 Å². The van der Waals surface area contributed by atoms with Crippen molar-refractivity contribution in [2.75, 3.05) is 6.54 Å². The third-order valence-electron chi connectivity index (χ3n) is 2.37. The van der Waals surface area contributed by atoms with Crippen LogP contribution in [0.25, 0.3) is 0 Å². The van der Waals surface area contributed by atoms with Crippen molar-refractivity contribution in [3.05, 3.63) is 0 Å². The summed E-state index contributed by atoms with van der Waals surface area (Å²) >= 11 is 0. The van der Waals surface area contributed by atoms with Gasteiger partial charge in [0.15, 0.2) is 0 Å². The predicted octanol–water partition coefficient (Wildman–Crippen LogP) is 0.953. The van der Waals surface area contributed by atoms with Gasteiger partial charge in [0.1, 0.15) is 0 Å². The van der Waals surface area contributed by atoms with Gasteiger partial charge in [-0.3, -0.25) is 9.69 Å². The summed E-state index contributed by atoms with van der Waals surface area (Å²) in [6, 6.07) is 0. The van der Waals surface area contributed by atoms with Gasteiger partial charge in [-0.2, -0.15) is 0 Å². The molecule has 0 radical (unpaired) electrons. The number of likely N-dealkylation sites (tertiary alicyclic amines) is 1. The first-order chi connectivity index (χ1) is 5.55. The molecule has 1 fully saturated rings. The number of nitrogens with one attached hydrogen (secondary N) is 1. The number of carbonyl (C=O) groups is 1. The summed E-state index contributed by atoms with van der Waals surface area (Å²) in [7, 11) is 0. The molecule has 1 atom stereocenters. The van der Waals surface area contributed by atoms with Crippen molar-refractivity contribution >= 4 is 6.41 Å². The maximum absolute atomic E-state index is 10.3. The Morgan fingerprint density at radius 3 is 2.67 bits per heavy atom. The van der Waals surface area contributed by atoms with Gasteiger partial charge < -0.3 is 5.32 Å². The molecule has 0 aliphatic carbocycles. The van der Waals surface area contributed by atoms with Crippen molar-refractivity contribution in [2.45, 2.75) is 45.3 Å². The molecule has 3 nitrogen and oxygen atoms in total. The zero-order valence-corrected chi connectivity index (χ0v) is 8.13. The highest BCUT2D eigenvalue weighted by Crippen LogP contribution is 2.24. The normalized spacial score (nSPS) is 25.8. The smallest absolute Gasteiger partial charge is 0.208 e. The molecule has 1 saturated heterocycles. The summed E-state index contributed by atoms with van der Waals surface area (Å²) < 4.78 is 0. The second kappa shape index (κ2) is 3.44. The Hall–Kier alpha value is -0.570.